The van der Waals surface area contributed by atoms with Crippen LogP contribution in [-0.4, -0.2) is 31.4 Å². The van der Waals surface area contributed by atoms with E-state index in [0.717, 1.165) is 27.5 Å². The molecule has 202 valence electrons. The van der Waals surface area contributed by atoms with Crippen molar-refractivity contribution in [3.63, 3.8) is 0 Å². The first kappa shape index (κ1) is 26.0. The number of rotatable bonds is 5. The number of hydrogen-bond donors (Lipinski definition) is 0. The molecule has 0 aliphatic carbocycles. The van der Waals surface area contributed by atoms with Crippen molar-refractivity contribution in [2.75, 3.05) is 0 Å². The molecule has 0 bridgehead atoms. The molecule has 0 N–H and O–H groups in total. The second-order valence-electron chi connectivity index (χ2n) is 11.8. The SMILES string of the molecule is CC1(C)OB(c2nccc3oc4ccc([Si](c5ccccc5)(c5ccccc5)c5ccccc5)cc4c23)OC1(C)C. The van der Waals surface area contributed by atoms with Gasteiger partial charge in [-0.15, -0.1) is 0 Å². The highest BCUT2D eigenvalue weighted by molar-refractivity contribution is 7.20. The number of fused-ring (bicyclic) bond motifs is 3. The number of hydrogen-bond acceptors (Lipinski definition) is 4. The fourth-order valence-electron chi connectivity index (χ4n) is 6.18. The van der Waals surface area contributed by atoms with E-state index in [-0.39, 0.29) is 0 Å². The van der Waals surface area contributed by atoms with Crippen molar-refractivity contribution in [2.45, 2.75) is 38.9 Å². The van der Waals surface area contributed by atoms with Crippen molar-refractivity contribution in [1.29, 1.82) is 0 Å². The summed E-state index contributed by atoms with van der Waals surface area (Å²) in [6.07, 6.45) is 1.78. The Morgan fingerprint density at radius 3 is 1.61 bits per heavy atom. The van der Waals surface area contributed by atoms with Crippen LogP contribution in [0.4, 0.5) is 0 Å². The first-order chi connectivity index (χ1) is 19.8. The molecule has 4 nitrogen and oxygen atoms in total. The molecule has 0 amide bonds. The van der Waals surface area contributed by atoms with Gasteiger partial charge < -0.3 is 13.7 Å². The van der Waals surface area contributed by atoms with Crippen LogP contribution in [0.5, 0.6) is 0 Å². The third-order valence-corrected chi connectivity index (χ3v) is 13.7. The molecule has 1 saturated heterocycles. The van der Waals surface area contributed by atoms with E-state index in [9.17, 15) is 0 Å². The maximum Gasteiger partial charge on any atom is 0.515 e. The summed E-state index contributed by atoms with van der Waals surface area (Å²) < 4.78 is 19.3. The quantitative estimate of drug-likeness (QED) is 0.230. The van der Waals surface area contributed by atoms with Crippen LogP contribution >= 0.6 is 0 Å². The van der Waals surface area contributed by atoms with Crippen molar-refractivity contribution in [2.24, 2.45) is 0 Å². The van der Waals surface area contributed by atoms with Gasteiger partial charge in [0.25, 0.3) is 0 Å². The summed E-state index contributed by atoms with van der Waals surface area (Å²) in [6.45, 7) is 8.27. The standard InChI is InChI=1S/C35H32BNO3Si/c1-34(2)35(3,4)40-36(39-34)33-32-29-24-28(20-21-30(29)38-31(32)22-23-37-33)41(25-14-8-5-9-15-25,26-16-10-6-11-17-26)27-18-12-7-13-19-27/h5-24H,1-4H3. The van der Waals surface area contributed by atoms with Crippen molar-refractivity contribution < 1.29 is 13.7 Å². The van der Waals surface area contributed by atoms with Crippen LogP contribution in [0.25, 0.3) is 21.9 Å². The zero-order valence-electron chi connectivity index (χ0n) is 23.8. The fourth-order valence-corrected chi connectivity index (χ4v) is 11.0. The Morgan fingerprint density at radius 2 is 1.10 bits per heavy atom. The van der Waals surface area contributed by atoms with Crippen molar-refractivity contribution >= 4 is 63.5 Å². The Hall–Kier alpha value is -3.97. The minimum atomic E-state index is -2.70. The van der Waals surface area contributed by atoms with E-state index in [4.69, 9.17) is 18.7 Å². The number of aromatic nitrogens is 1. The largest absolute Gasteiger partial charge is 0.515 e. The highest BCUT2D eigenvalue weighted by Gasteiger charge is 2.53. The van der Waals surface area contributed by atoms with Crippen molar-refractivity contribution in [3.8, 4) is 0 Å². The average molecular weight is 554 g/mol. The van der Waals surface area contributed by atoms with Crippen LogP contribution in [0.3, 0.4) is 0 Å². The van der Waals surface area contributed by atoms with Gasteiger partial charge in [0.1, 0.15) is 11.2 Å². The molecular weight excluding hydrogens is 521 g/mol. The maximum atomic E-state index is 6.46. The second-order valence-corrected chi connectivity index (χ2v) is 15.6. The van der Waals surface area contributed by atoms with Crippen molar-refractivity contribution in [1.82, 2.24) is 4.98 Å². The smallest absolute Gasteiger partial charge is 0.456 e. The summed E-state index contributed by atoms with van der Waals surface area (Å²) in [6, 6.07) is 41.5. The van der Waals surface area contributed by atoms with Gasteiger partial charge in [-0.25, -0.2) is 0 Å². The topological polar surface area (TPSA) is 44.5 Å². The van der Waals surface area contributed by atoms with Gasteiger partial charge in [-0.2, -0.15) is 0 Å². The van der Waals surface area contributed by atoms with Crippen LogP contribution in [0.1, 0.15) is 27.7 Å². The maximum absolute atomic E-state index is 6.46. The lowest BCUT2D eigenvalue weighted by atomic mass is 9.81. The monoisotopic (exact) mass is 553 g/mol. The van der Waals surface area contributed by atoms with Crippen LogP contribution < -0.4 is 26.3 Å². The molecular formula is C35H32BNO3Si. The second kappa shape index (κ2) is 9.55. The molecule has 41 heavy (non-hydrogen) atoms. The molecule has 0 atom stereocenters. The predicted molar refractivity (Wildman–Crippen MR) is 171 cm³/mol. The van der Waals surface area contributed by atoms with Gasteiger partial charge in [-0.3, -0.25) is 4.98 Å². The Kier molecular flexibility index (Phi) is 6.05. The lowest BCUT2D eigenvalue weighted by Crippen LogP contribution is -2.74. The molecule has 2 aromatic heterocycles. The van der Waals surface area contributed by atoms with Gasteiger partial charge in [0.2, 0.25) is 0 Å². The molecule has 0 spiro atoms. The van der Waals surface area contributed by atoms with E-state index in [0.29, 0.717) is 0 Å². The van der Waals surface area contributed by atoms with E-state index in [1.54, 1.807) is 6.20 Å². The number of nitrogens with zero attached hydrogens (tertiary/aromatic N) is 1. The summed E-state index contributed by atoms with van der Waals surface area (Å²) >= 11 is 0. The molecule has 4 aromatic carbocycles. The Labute approximate surface area is 242 Å². The zero-order valence-corrected chi connectivity index (χ0v) is 24.8. The molecule has 1 aliphatic rings. The molecule has 1 aliphatic heterocycles. The Bertz CT molecular complexity index is 1740. The summed E-state index contributed by atoms with van der Waals surface area (Å²) in [5.41, 5.74) is 1.42. The Balaban J connectivity index is 1.53. The predicted octanol–water partition coefficient (Wildman–Crippen LogP) is 4.66. The molecule has 3 heterocycles. The van der Waals surface area contributed by atoms with Crippen LogP contribution in [0.15, 0.2) is 126 Å². The summed E-state index contributed by atoms with van der Waals surface area (Å²) in [4.78, 5) is 4.81. The fraction of sp³-hybridized carbons (Fsp3) is 0.171. The molecule has 6 heteroatoms. The van der Waals surface area contributed by atoms with E-state index < -0.39 is 26.4 Å². The van der Waals surface area contributed by atoms with Gasteiger partial charge in [-0.1, -0.05) is 103 Å². The average Bonchev–Trinajstić information content (AvgIpc) is 3.47. The molecule has 7 rings (SSSR count). The van der Waals surface area contributed by atoms with Crippen molar-refractivity contribution in [3.05, 3.63) is 121 Å². The summed E-state index contributed by atoms with van der Waals surface area (Å²) in [7, 11) is -3.29. The van der Waals surface area contributed by atoms with E-state index >= 15 is 0 Å². The first-order valence-corrected chi connectivity index (χ1v) is 16.2. The van der Waals surface area contributed by atoms with Crippen LogP contribution in [0.2, 0.25) is 0 Å². The molecule has 1 fully saturated rings. The van der Waals surface area contributed by atoms with E-state index in [2.05, 4.69) is 137 Å². The first-order valence-electron chi connectivity index (χ1n) is 14.2. The molecule has 0 saturated carbocycles. The highest BCUT2D eigenvalue weighted by atomic mass is 28.3. The van der Waals surface area contributed by atoms with Crippen LogP contribution in [-0.2, 0) is 9.31 Å². The number of furan rings is 1. The lowest BCUT2D eigenvalue weighted by molar-refractivity contribution is 0.00578. The molecule has 0 unspecified atom stereocenters. The van der Waals surface area contributed by atoms with Gasteiger partial charge in [0.05, 0.1) is 16.8 Å². The third kappa shape index (κ3) is 4.01. The summed E-state index contributed by atoms with van der Waals surface area (Å²) in [5, 5.41) is 7.23. The minimum Gasteiger partial charge on any atom is -0.456 e. The van der Waals surface area contributed by atoms with Gasteiger partial charge in [0, 0.05) is 17.0 Å². The highest BCUT2D eigenvalue weighted by Crippen LogP contribution is 2.37. The molecule has 6 aromatic rings. The normalized spacial score (nSPS) is 16.4. The van der Waals surface area contributed by atoms with E-state index in [1.165, 1.54) is 20.7 Å². The minimum absolute atomic E-state index is 0.470. The zero-order chi connectivity index (χ0) is 28.2. The summed E-state index contributed by atoms with van der Waals surface area (Å²) in [5.74, 6) is 0. The van der Waals surface area contributed by atoms with E-state index in [1.807, 2.05) is 6.07 Å². The molecule has 0 radical (unpaired) electrons. The van der Waals surface area contributed by atoms with Gasteiger partial charge in [0.15, 0.2) is 8.07 Å². The Morgan fingerprint density at radius 1 is 0.585 bits per heavy atom. The van der Waals surface area contributed by atoms with Gasteiger partial charge >= 0.3 is 7.12 Å². The van der Waals surface area contributed by atoms with Crippen LogP contribution in [0, 0.1) is 0 Å². The number of pyridine rings is 1. The van der Waals surface area contributed by atoms with Gasteiger partial charge in [-0.05, 0) is 60.6 Å². The number of benzene rings is 4. The third-order valence-electron chi connectivity index (χ3n) is 8.94. The lowest BCUT2D eigenvalue weighted by Gasteiger charge is -2.34.